The molecule has 0 saturated heterocycles. The van der Waals surface area contributed by atoms with Crippen molar-refractivity contribution < 1.29 is 0 Å². The summed E-state index contributed by atoms with van der Waals surface area (Å²) in [6.07, 6.45) is 6.77. The molecule has 3 heteroatoms. The van der Waals surface area contributed by atoms with Crippen LogP contribution in [-0.4, -0.2) is 19.1 Å². The lowest BCUT2D eigenvalue weighted by atomic mass is 9.93. The van der Waals surface area contributed by atoms with Crippen molar-refractivity contribution in [2.24, 2.45) is 0 Å². The maximum Gasteiger partial charge on any atom is 0.0471 e. The molecule has 1 N–H and O–H groups in total. The first-order valence-electron chi connectivity index (χ1n) is 8.02. The molecule has 0 amide bonds. The highest BCUT2D eigenvalue weighted by Crippen LogP contribution is 2.32. The molecule has 1 aromatic rings. The average molecular weight is 295 g/mol. The zero-order valence-corrected chi connectivity index (χ0v) is 13.5. The molecular formula is C17H27ClN2. The van der Waals surface area contributed by atoms with Crippen LogP contribution in [0.4, 0.5) is 5.69 Å². The van der Waals surface area contributed by atoms with Gasteiger partial charge >= 0.3 is 0 Å². The van der Waals surface area contributed by atoms with E-state index in [2.05, 4.69) is 36.2 Å². The summed E-state index contributed by atoms with van der Waals surface area (Å²) in [4.78, 5) is 2.57. The summed E-state index contributed by atoms with van der Waals surface area (Å²) in [5, 5.41) is 4.30. The number of benzene rings is 1. The molecule has 0 unspecified atom stereocenters. The summed E-state index contributed by atoms with van der Waals surface area (Å²) < 4.78 is 0. The van der Waals surface area contributed by atoms with Crippen molar-refractivity contribution in [3.8, 4) is 0 Å². The minimum Gasteiger partial charge on any atom is -0.369 e. The Labute approximate surface area is 128 Å². The van der Waals surface area contributed by atoms with E-state index in [0.29, 0.717) is 6.04 Å². The quantitative estimate of drug-likeness (QED) is 0.824. The fourth-order valence-corrected chi connectivity index (χ4v) is 3.50. The Bertz CT molecular complexity index is 413. The largest absolute Gasteiger partial charge is 0.369 e. The van der Waals surface area contributed by atoms with Gasteiger partial charge in [-0.2, -0.15) is 0 Å². The second-order valence-corrected chi connectivity index (χ2v) is 6.00. The standard InChI is InChI=1S/C17H27ClN2/c1-3-19-13-15-16(18)11-8-12-17(15)20(4-2)14-9-6-5-7-10-14/h8,11-12,14,19H,3-7,9-10,13H2,1-2H3. The van der Waals surface area contributed by atoms with Gasteiger partial charge in [0, 0.05) is 35.4 Å². The predicted octanol–water partition coefficient (Wildman–Crippen LogP) is 4.61. The van der Waals surface area contributed by atoms with Crippen molar-refractivity contribution >= 4 is 17.3 Å². The van der Waals surface area contributed by atoms with Crippen LogP contribution in [0.5, 0.6) is 0 Å². The monoisotopic (exact) mass is 294 g/mol. The SMILES string of the molecule is CCNCc1c(Cl)cccc1N(CC)C1CCCCC1. The highest BCUT2D eigenvalue weighted by Gasteiger charge is 2.22. The topological polar surface area (TPSA) is 15.3 Å². The van der Waals surface area contributed by atoms with E-state index in [1.54, 1.807) is 0 Å². The fourth-order valence-electron chi connectivity index (χ4n) is 3.26. The molecular weight excluding hydrogens is 268 g/mol. The van der Waals surface area contributed by atoms with Crippen molar-refractivity contribution in [1.29, 1.82) is 0 Å². The number of anilines is 1. The Kier molecular flexibility index (Phi) is 6.18. The van der Waals surface area contributed by atoms with E-state index in [4.69, 9.17) is 11.6 Å². The van der Waals surface area contributed by atoms with Gasteiger partial charge in [0.25, 0.3) is 0 Å². The smallest absolute Gasteiger partial charge is 0.0471 e. The third kappa shape index (κ3) is 3.67. The van der Waals surface area contributed by atoms with Gasteiger partial charge in [-0.15, -0.1) is 0 Å². The summed E-state index contributed by atoms with van der Waals surface area (Å²) in [7, 11) is 0. The Morgan fingerprint density at radius 3 is 2.60 bits per heavy atom. The number of nitrogens with zero attached hydrogens (tertiary/aromatic N) is 1. The summed E-state index contributed by atoms with van der Waals surface area (Å²) in [6.45, 7) is 7.28. The summed E-state index contributed by atoms with van der Waals surface area (Å²) in [5.74, 6) is 0. The molecule has 0 aliphatic heterocycles. The fraction of sp³-hybridized carbons (Fsp3) is 0.647. The lowest BCUT2D eigenvalue weighted by Crippen LogP contribution is -2.37. The van der Waals surface area contributed by atoms with Crippen LogP contribution in [0, 0.1) is 0 Å². The van der Waals surface area contributed by atoms with Crippen LogP contribution in [0.3, 0.4) is 0 Å². The molecule has 0 atom stereocenters. The van der Waals surface area contributed by atoms with E-state index in [1.807, 2.05) is 6.07 Å². The third-order valence-electron chi connectivity index (χ3n) is 4.31. The number of hydrogen-bond acceptors (Lipinski definition) is 2. The molecule has 1 aliphatic carbocycles. The molecule has 1 fully saturated rings. The highest BCUT2D eigenvalue weighted by atomic mass is 35.5. The van der Waals surface area contributed by atoms with Gasteiger partial charge in [-0.25, -0.2) is 0 Å². The average Bonchev–Trinajstić information content (AvgIpc) is 2.48. The van der Waals surface area contributed by atoms with Gasteiger partial charge in [-0.05, 0) is 38.4 Å². The Morgan fingerprint density at radius 1 is 1.20 bits per heavy atom. The first-order valence-corrected chi connectivity index (χ1v) is 8.40. The van der Waals surface area contributed by atoms with Gasteiger partial charge in [0.2, 0.25) is 0 Å². The van der Waals surface area contributed by atoms with E-state index in [0.717, 1.165) is 24.7 Å². The molecule has 112 valence electrons. The molecule has 1 aliphatic rings. The Hall–Kier alpha value is -0.730. The van der Waals surface area contributed by atoms with Gasteiger partial charge in [0.1, 0.15) is 0 Å². The number of halogens is 1. The second kappa shape index (κ2) is 7.90. The minimum absolute atomic E-state index is 0.688. The maximum absolute atomic E-state index is 6.44. The normalized spacial score (nSPS) is 16.4. The number of rotatable bonds is 6. The molecule has 0 radical (unpaired) electrons. The van der Waals surface area contributed by atoms with E-state index in [-0.39, 0.29) is 0 Å². The van der Waals surface area contributed by atoms with E-state index in [9.17, 15) is 0 Å². The number of hydrogen-bond donors (Lipinski definition) is 1. The molecule has 1 saturated carbocycles. The number of nitrogens with one attached hydrogen (secondary N) is 1. The van der Waals surface area contributed by atoms with Gasteiger partial charge in [-0.1, -0.05) is 43.9 Å². The van der Waals surface area contributed by atoms with E-state index in [1.165, 1.54) is 43.4 Å². The minimum atomic E-state index is 0.688. The second-order valence-electron chi connectivity index (χ2n) is 5.60. The molecule has 0 spiro atoms. The van der Waals surface area contributed by atoms with E-state index >= 15 is 0 Å². The van der Waals surface area contributed by atoms with Crippen LogP contribution in [0.1, 0.15) is 51.5 Å². The van der Waals surface area contributed by atoms with Crippen LogP contribution in [0.25, 0.3) is 0 Å². The Morgan fingerprint density at radius 2 is 1.95 bits per heavy atom. The molecule has 20 heavy (non-hydrogen) atoms. The molecule has 0 bridgehead atoms. The van der Waals surface area contributed by atoms with Gasteiger partial charge in [0.15, 0.2) is 0 Å². The first kappa shape index (κ1) is 15.7. The molecule has 0 aromatic heterocycles. The summed E-state index contributed by atoms with van der Waals surface area (Å²) in [6, 6.07) is 7.01. The maximum atomic E-state index is 6.44. The van der Waals surface area contributed by atoms with Crippen LogP contribution in [0.2, 0.25) is 5.02 Å². The lowest BCUT2D eigenvalue weighted by Gasteiger charge is -2.37. The van der Waals surface area contributed by atoms with Crippen molar-refractivity contribution in [1.82, 2.24) is 5.32 Å². The van der Waals surface area contributed by atoms with Crippen LogP contribution < -0.4 is 10.2 Å². The van der Waals surface area contributed by atoms with Crippen molar-refractivity contribution in [2.75, 3.05) is 18.0 Å². The van der Waals surface area contributed by atoms with Crippen molar-refractivity contribution in [2.45, 2.75) is 58.5 Å². The van der Waals surface area contributed by atoms with Crippen molar-refractivity contribution in [3.63, 3.8) is 0 Å². The van der Waals surface area contributed by atoms with Gasteiger partial charge < -0.3 is 10.2 Å². The predicted molar refractivity (Wildman–Crippen MR) is 88.7 cm³/mol. The molecule has 2 nitrogen and oxygen atoms in total. The summed E-state index contributed by atoms with van der Waals surface area (Å²) in [5.41, 5.74) is 2.58. The van der Waals surface area contributed by atoms with Gasteiger partial charge in [-0.3, -0.25) is 0 Å². The highest BCUT2D eigenvalue weighted by molar-refractivity contribution is 6.31. The van der Waals surface area contributed by atoms with Gasteiger partial charge in [0.05, 0.1) is 0 Å². The first-order chi connectivity index (χ1) is 9.77. The van der Waals surface area contributed by atoms with Crippen LogP contribution in [-0.2, 0) is 6.54 Å². The van der Waals surface area contributed by atoms with E-state index < -0.39 is 0 Å². The molecule has 0 heterocycles. The Balaban J connectivity index is 2.25. The lowest BCUT2D eigenvalue weighted by molar-refractivity contribution is 0.417. The molecule has 2 rings (SSSR count). The van der Waals surface area contributed by atoms with Crippen LogP contribution >= 0.6 is 11.6 Å². The van der Waals surface area contributed by atoms with Crippen LogP contribution in [0.15, 0.2) is 18.2 Å². The zero-order chi connectivity index (χ0) is 14.4. The van der Waals surface area contributed by atoms with Crippen molar-refractivity contribution in [3.05, 3.63) is 28.8 Å². The third-order valence-corrected chi connectivity index (χ3v) is 4.67. The summed E-state index contributed by atoms with van der Waals surface area (Å²) >= 11 is 6.44. The molecule has 1 aromatic carbocycles. The zero-order valence-electron chi connectivity index (χ0n) is 12.8.